The van der Waals surface area contributed by atoms with Crippen molar-refractivity contribution in [3.05, 3.63) is 77.9 Å². The lowest BCUT2D eigenvalue weighted by Gasteiger charge is -2.34. The molecule has 0 bridgehead atoms. The van der Waals surface area contributed by atoms with Gasteiger partial charge in [-0.1, -0.05) is 18.2 Å². The van der Waals surface area contributed by atoms with Crippen molar-refractivity contribution in [2.75, 3.05) is 23.3 Å². The first-order valence-electron chi connectivity index (χ1n) is 10.1. The molecule has 0 fully saturated rings. The highest BCUT2D eigenvalue weighted by Gasteiger charge is 2.37. The highest BCUT2D eigenvalue weighted by Crippen LogP contribution is 2.37. The fraction of sp³-hybridized carbons (Fsp3) is 0.208. The van der Waals surface area contributed by atoms with Gasteiger partial charge in [-0.25, -0.2) is 8.42 Å². The van der Waals surface area contributed by atoms with E-state index in [-0.39, 0.29) is 11.4 Å². The molecule has 0 saturated carbocycles. The van der Waals surface area contributed by atoms with E-state index in [0.717, 1.165) is 11.1 Å². The average molecular weight is 453 g/mol. The maximum Gasteiger partial charge on any atom is 0.267 e. The van der Waals surface area contributed by atoms with Gasteiger partial charge in [0.05, 0.1) is 24.2 Å². The predicted molar refractivity (Wildman–Crippen MR) is 123 cm³/mol. The van der Waals surface area contributed by atoms with E-state index in [1.807, 2.05) is 32.0 Å². The Labute approximate surface area is 187 Å². The van der Waals surface area contributed by atoms with Crippen molar-refractivity contribution >= 4 is 27.3 Å². The molecule has 1 N–H and O–H groups in total. The third-order valence-corrected chi connectivity index (χ3v) is 6.96. The minimum Gasteiger partial charge on any atom is -0.497 e. The molecule has 1 aliphatic heterocycles. The Morgan fingerprint density at radius 3 is 2.34 bits per heavy atom. The van der Waals surface area contributed by atoms with Gasteiger partial charge in [0.2, 0.25) is 0 Å². The zero-order valence-electron chi connectivity index (χ0n) is 18.0. The normalized spacial score (nSPS) is 15.5. The van der Waals surface area contributed by atoms with Crippen LogP contribution in [0.4, 0.5) is 11.4 Å². The monoisotopic (exact) mass is 452 g/mol. The van der Waals surface area contributed by atoms with E-state index in [4.69, 9.17) is 9.47 Å². The minimum absolute atomic E-state index is 0.100. The lowest BCUT2D eigenvalue weighted by Crippen LogP contribution is -2.48. The number of benzene rings is 3. The standard InChI is InChI=1S/C24H24N2O5S/c1-16-12-17(2)14-18(13-16)25-24(27)23-15-26(21-6-4-5-7-22(21)31-23)32(28,29)20-10-8-19(30-3)9-11-20/h4-14,23H,15H2,1-3H3,(H,25,27). The van der Waals surface area contributed by atoms with Gasteiger partial charge < -0.3 is 14.8 Å². The number of nitrogens with zero attached hydrogens (tertiary/aromatic N) is 1. The Kier molecular flexibility index (Phi) is 5.80. The number of anilines is 2. The van der Waals surface area contributed by atoms with Crippen molar-refractivity contribution < 1.29 is 22.7 Å². The molecule has 1 unspecified atom stereocenters. The van der Waals surface area contributed by atoms with Gasteiger partial charge in [0, 0.05) is 5.69 Å². The van der Waals surface area contributed by atoms with E-state index in [0.29, 0.717) is 22.9 Å². The SMILES string of the molecule is COc1ccc(S(=O)(=O)N2CC(C(=O)Nc3cc(C)cc(C)c3)Oc3ccccc32)cc1. The number of fused-ring (bicyclic) bond motifs is 1. The number of carbonyl (C=O) groups is 1. The van der Waals surface area contributed by atoms with Crippen molar-refractivity contribution in [3.8, 4) is 11.5 Å². The van der Waals surface area contributed by atoms with Crippen LogP contribution < -0.4 is 19.1 Å². The molecule has 1 amide bonds. The van der Waals surface area contributed by atoms with Crippen LogP contribution >= 0.6 is 0 Å². The van der Waals surface area contributed by atoms with Crippen molar-refractivity contribution in [2.45, 2.75) is 24.8 Å². The zero-order chi connectivity index (χ0) is 22.9. The zero-order valence-corrected chi connectivity index (χ0v) is 18.8. The first-order chi connectivity index (χ1) is 15.3. The number of sulfonamides is 1. The second-order valence-electron chi connectivity index (χ2n) is 7.65. The molecule has 0 radical (unpaired) electrons. The molecule has 0 spiro atoms. The molecule has 3 aromatic carbocycles. The van der Waals surface area contributed by atoms with Crippen LogP contribution in [0.1, 0.15) is 11.1 Å². The Hall–Kier alpha value is -3.52. The summed E-state index contributed by atoms with van der Waals surface area (Å²) in [5, 5.41) is 2.85. The van der Waals surface area contributed by atoms with E-state index in [2.05, 4.69) is 5.32 Å². The van der Waals surface area contributed by atoms with Gasteiger partial charge in [0.25, 0.3) is 15.9 Å². The predicted octanol–water partition coefficient (Wildman–Crippen LogP) is 3.91. The largest absolute Gasteiger partial charge is 0.497 e. The number of carbonyl (C=O) groups excluding carboxylic acids is 1. The summed E-state index contributed by atoms with van der Waals surface area (Å²) in [6, 6.07) is 18.6. The third-order valence-electron chi connectivity index (χ3n) is 5.16. The number of aryl methyl sites for hydroxylation is 2. The second kappa shape index (κ2) is 8.55. The molecule has 0 aliphatic carbocycles. The van der Waals surface area contributed by atoms with Gasteiger partial charge in [-0.3, -0.25) is 9.10 Å². The second-order valence-corrected chi connectivity index (χ2v) is 9.51. The van der Waals surface area contributed by atoms with E-state index < -0.39 is 22.0 Å². The molecule has 32 heavy (non-hydrogen) atoms. The number of amides is 1. The molecular formula is C24H24N2O5S. The number of ether oxygens (including phenoxy) is 2. The summed E-state index contributed by atoms with van der Waals surface area (Å²) in [5.41, 5.74) is 3.05. The van der Waals surface area contributed by atoms with E-state index >= 15 is 0 Å². The van der Waals surface area contributed by atoms with Crippen molar-refractivity contribution in [2.24, 2.45) is 0 Å². The number of nitrogens with one attached hydrogen (secondary N) is 1. The molecule has 7 nitrogen and oxygen atoms in total. The van der Waals surface area contributed by atoms with Crippen LogP contribution in [-0.4, -0.2) is 34.1 Å². The van der Waals surface area contributed by atoms with Crippen LogP contribution in [0.3, 0.4) is 0 Å². The molecule has 0 saturated heterocycles. The number of methoxy groups -OCH3 is 1. The van der Waals surface area contributed by atoms with Crippen LogP contribution in [0.2, 0.25) is 0 Å². The van der Waals surface area contributed by atoms with Gasteiger partial charge in [-0.2, -0.15) is 0 Å². The van der Waals surface area contributed by atoms with Crippen LogP contribution in [0.15, 0.2) is 71.6 Å². The summed E-state index contributed by atoms with van der Waals surface area (Å²) in [6.07, 6.45) is -1.02. The first kappa shape index (κ1) is 21.7. The van der Waals surface area contributed by atoms with Crippen molar-refractivity contribution in [1.82, 2.24) is 0 Å². The van der Waals surface area contributed by atoms with Crippen molar-refractivity contribution in [1.29, 1.82) is 0 Å². The fourth-order valence-electron chi connectivity index (χ4n) is 3.71. The van der Waals surface area contributed by atoms with Gasteiger partial charge >= 0.3 is 0 Å². The van der Waals surface area contributed by atoms with E-state index in [1.165, 1.54) is 23.5 Å². The highest BCUT2D eigenvalue weighted by atomic mass is 32.2. The summed E-state index contributed by atoms with van der Waals surface area (Å²) in [4.78, 5) is 13.1. The maximum absolute atomic E-state index is 13.5. The molecule has 1 aliphatic rings. The van der Waals surface area contributed by atoms with Crippen LogP contribution in [0, 0.1) is 13.8 Å². The molecule has 0 aromatic heterocycles. The quantitative estimate of drug-likeness (QED) is 0.635. The van der Waals surface area contributed by atoms with Gasteiger partial charge in [0.15, 0.2) is 6.10 Å². The van der Waals surface area contributed by atoms with E-state index in [9.17, 15) is 13.2 Å². The van der Waals surface area contributed by atoms with Crippen LogP contribution in [0.5, 0.6) is 11.5 Å². The third kappa shape index (κ3) is 4.27. The molecule has 3 aromatic rings. The Bertz CT molecular complexity index is 1240. The molecule has 166 valence electrons. The lowest BCUT2D eigenvalue weighted by molar-refractivity contribution is -0.122. The van der Waals surface area contributed by atoms with Gasteiger partial charge in [-0.05, 0) is 73.5 Å². The Morgan fingerprint density at radius 2 is 1.69 bits per heavy atom. The lowest BCUT2D eigenvalue weighted by atomic mass is 10.1. The molecule has 8 heteroatoms. The Balaban J connectivity index is 1.66. The number of para-hydroxylation sites is 2. The topological polar surface area (TPSA) is 84.9 Å². The Morgan fingerprint density at radius 1 is 1.03 bits per heavy atom. The minimum atomic E-state index is -3.94. The fourth-order valence-corrected chi connectivity index (χ4v) is 5.19. The maximum atomic E-state index is 13.5. The van der Waals surface area contributed by atoms with Crippen LogP contribution in [0.25, 0.3) is 0 Å². The first-order valence-corrected chi connectivity index (χ1v) is 11.5. The average Bonchev–Trinajstić information content (AvgIpc) is 2.77. The summed E-state index contributed by atoms with van der Waals surface area (Å²) in [7, 11) is -2.42. The van der Waals surface area contributed by atoms with E-state index in [1.54, 1.807) is 36.4 Å². The summed E-state index contributed by atoms with van der Waals surface area (Å²) < 4.78 is 39.2. The molecular weight excluding hydrogens is 428 g/mol. The number of rotatable bonds is 5. The summed E-state index contributed by atoms with van der Waals surface area (Å²) >= 11 is 0. The number of hydrogen-bond acceptors (Lipinski definition) is 5. The van der Waals surface area contributed by atoms with Crippen molar-refractivity contribution in [3.63, 3.8) is 0 Å². The molecule has 1 atom stereocenters. The van der Waals surface area contributed by atoms with Gasteiger partial charge in [-0.15, -0.1) is 0 Å². The molecule has 4 rings (SSSR count). The van der Waals surface area contributed by atoms with Gasteiger partial charge in [0.1, 0.15) is 11.5 Å². The number of hydrogen-bond donors (Lipinski definition) is 1. The summed E-state index contributed by atoms with van der Waals surface area (Å²) in [5.74, 6) is 0.466. The highest BCUT2D eigenvalue weighted by molar-refractivity contribution is 7.92. The summed E-state index contributed by atoms with van der Waals surface area (Å²) in [6.45, 7) is 3.74. The molecule has 1 heterocycles. The van der Waals surface area contributed by atoms with Crippen LogP contribution in [-0.2, 0) is 14.8 Å². The smallest absolute Gasteiger partial charge is 0.267 e.